The average Bonchev–Trinajstić information content (AvgIpc) is 2.53. The highest BCUT2D eigenvalue weighted by Gasteiger charge is 2.07. The number of hydrogen-bond donors (Lipinski definition) is 2. The lowest BCUT2D eigenvalue weighted by Gasteiger charge is -2.11. The van der Waals surface area contributed by atoms with Crippen LogP contribution in [-0.4, -0.2) is 41.1 Å². The summed E-state index contributed by atoms with van der Waals surface area (Å²) < 4.78 is 5.16. The van der Waals surface area contributed by atoms with Crippen LogP contribution in [0.15, 0.2) is 48.7 Å². The third-order valence-electron chi connectivity index (χ3n) is 3.19. The number of aliphatic hydroxyl groups is 2. The number of nitrogens with zero attached hydrogens (tertiary/aromatic N) is 1. The van der Waals surface area contributed by atoms with Gasteiger partial charge in [0.2, 0.25) is 0 Å². The van der Waals surface area contributed by atoms with Crippen molar-refractivity contribution in [2.24, 2.45) is 0 Å². The minimum absolute atomic E-state index is 0.0161. The van der Waals surface area contributed by atoms with Crippen molar-refractivity contribution in [1.29, 1.82) is 0 Å². The number of aromatic nitrogens is 1. The molecule has 4 heteroatoms. The molecule has 0 fully saturated rings. The van der Waals surface area contributed by atoms with Gasteiger partial charge in [0.25, 0.3) is 0 Å². The molecule has 1 heterocycles. The minimum Gasteiger partial charge on any atom is -0.394 e. The summed E-state index contributed by atoms with van der Waals surface area (Å²) in [6.07, 6.45) is 2.48. The van der Waals surface area contributed by atoms with Crippen LogP contribution in [-0.2, 0) is 11.2 Å². The maximum absolute atomic E-state index is 10.0. The molecule has 0 spiro atoms. The molecule has 0 aliphatic carbocycles. The van der Waals surface area contributed by atoms with Crippen LogP contribution in [0.2, 0.25) is 0 Å². The zero-order chi connectivity index (χ0) is 14.9. The molecule has 2 aromatic rings. The Kier molecular flexibility index (Phi) is 6.34. The van der Waals surface area contributed by atoms with Gasteiger partial charge in [-0.05, 0) is 36.6 Å². The molecule has 0 radical (unpaired) electrons. The van der Waals surface area contributed by atoms with Crippen molar-refractivity contribution in [2.45, 2.75) is 18.9 Å². The maximum atomic E-state index is 10.0. The molecule has 0 aliphatic heterocycles. The average molecular weight is 287 g/mol. The molecule has 1 aromatic carbocycles. The molecule has 0 saturated carbocycles. The second kappa shape index (κ2) is 8.52. The number of benzene rings is 1. The fraction of sp³-hybridized carbons (Fsp3) is 0.353. The minimum atomic E-state index is -0.442. The summed E-state index contributed by atoms with van der Waals surface area (Å²) in [4.78, 5) is 4.33. The molecule has 112 valence electrons. The van der Waals surface area contributed by atoms with Crippen LogP contribution in [0.1, 0.15) is 12.0 Å². The normalized spacial score (nSPS) is 12.3. The molecule has 0 saturated heterocycles. The second-order valence-corrected chi connectivity index (χ2v) is 4.90. The highest BCUT2D eigenvalue weighted by atomic mass is 16.5. The van der Waals surface area contributed by atoms with Gasteiger partial charge < -0.3 is 14.9 Å². The topological polar surface area (TPSA) is 62.6 Å². The third-order valence-corrected chi connectivity index (χ3v) is 3.19. The largest absolute Gasteiger partial charge is 0.394 e. The predicted octanol–water partition coefficient (Wildman–Crippen LogP) is 2.05. The third kappa shape index (κ3) is 5.27. The zero-order valence-electron chi connectivity index (χ0n) is 12.0. The Morgan fingerprint density at radius 1 is 1.10 bits per heavy atom. The first-order valence-corrected chi connectivity index (χ1v) is 7.16. The van der Waals surface area contributed by atoms with Crippen LogP contribution in [0.4, 0.5) is 0 Å². The van der Waals surface area contributed by atoms with Crippen molar-refractivity contribution in [2.75, 3.05) is 19.8 Å². The van der Waals surface area contributed by atoms with Crippen molar-refractivity contribution in [3.8, 4) is 11.3 Å². The molecule has 2 rings (SSSR count). The van der Waals surface area contributed by atoms with E-state index in [0.717, 1.165) is 16.8 Å². The molecule has 1 unspecified atom stereocenters. The monoisotopic (exact) mass is 287 g/mol. The van der Waals surface area contributed by atoms with Crippen LogP contribution in [0.25, 0.3) is 11.3 Å². The summed E-state index contributed by atoms with van der Waals surface area (Å²) in [5.74, 6) is 0. The summed E-state index contributed by atoms with van der Waals surface area (Å²) in [6.45, 7) is 0.797. The lowest BCUT2D eigenvalue weighted by molar-refractivity contribution is 0.0606. The Labute approximate surface area is 125 Å². The van der Waals surface area contributed by atoms with Crippen molar-refractivity contribution in [3.05, 3.63) is 54.2 Å². The van der Waals surface area contributed by atoms with Gasteiger partial charge >= 0.3 is 0 Å². The summed E-state index contributed by atoms with van der Waals surface area (Å²) >= 11 is 0. The fourth-order valence-corrected chi connectivity index (χ4v) is 2.15. The molecule has 0 aliphatic rings. The Bertz CT molecular complexity index is 531. The van der Waals surface area contributed by atoms with Gasteiger partial charge in [0, 0.05) is 18.4 Å². The first-order valence-electron chi connectivity index (χ1n) is 7.16. The van der Waals surface area contributed by atoms with Crippen molar-refractivity contribution in [1.82, 2.24) is 4.98 Å². The van der Waals surface area contributed by atoms with Crippen LogP contribution in [0.3, 0.4) is 0 Å². The zero-order valence-corrected chi connectivity index (χ0v) is 12.0. The standard InChI is InChI=1S/C17H21NO3/c19-9-11-21-10-7-16(20)13-14-4-3-5-15(12-14)17-6-1-2-8-18-17/h1-6,8,12,16,19-20H,7,9-11,13H2. The number of ether oxygens (including phenoxy) is 1. The van der Waals surface area contributed by atoms with Crippen LogP contribution >= 0.6 is 0 Å². The summed E-state index contributed by atoms with van der Waals surface area (Å²) in [5.41, 5.74) is 3.06. The maximum Gasteiger partial charge on any atom is 0.0702 e. The van der Waals surface area contributed by atoms with Crippen LogP contribution in [0, 0.1) is 0 Å². The van der Waals surface area contributed by atoms with E-state index in [0.29, 0.717) is 26.1 Å². The van der Waals surface area contributed by atoms with E-state index in [1.54, 1.807) is 6.20 Å². The quantitative estimate of drug-likeness (QED) is 0.729. The number of hydrogen-bond acceptors (Lipinski definition) is 4. The number of rotatable bonds is 8. The lowest BCUT2D eigenvalue weighted by Crippen LogP contribution is -2.14. The van der Waals surface area contributed by atoms with Crippen molar-refractivity contribution in [3.63, 3.8) is 0 Å². The molecular formula is C17H21NO3. The Hall–Kier alpha value is -1.75. The second-order valence-electron chi connectivity index (χ2n) is 4.90. The Morgan fingerprint density at radius 2 is 2.00 bits per heavy atom. The Morgan fingerprint density at radius 3 is 2.76 bits per heavy atom. The van der Waals surface area contributed by atoms with Gasteiger partial charge in [0.05, 0.1) is 25.0 Å². The van der Waals surface area contributed by atoms with Gasteiger partial charge in [0.15, 0.2) is 0 Å². The lowest BCUT2D eigenvalue weighted by atomic mass is 10.0. The van der Waals surface area contributed by atoms with E-state index < -0.39 is 6.10 Å². The van der Waals surface area contributed by atoms with E-state index in [9.17, 15) is 5.11 Å². The van der Waals surface area contributed by atoms with E-state index >= 15 is 0 Å². The predicted molar refractivity (Wildman–Crippen MR) is 81.9 cm³/mol. The van der Waals surface area contributed by atoms with E-state index in [2.05, 4.69) is 11.1 Å². The highest BCUT2D eigenvalue weighted by Crippen LogP contribution is 2.18. The van der Waals surface area contributed by atoms with E-state index in [4.69, 9.17) is 9.84 Å². The van der Waals surface area contributed by atoms with E-state index in [1.165, 1.54) is 0 Å². The first-order chi connectivity index (χ1) is 10.3. The molecule has 4 nitrogen and oxygen atoms in total. The van der Waals surface area contributed by atoms with Gasteiger partial charge in [0.1, 0.15) is 0 Å². The van der Waals surface area contributed by atoms with Crippen molar-refractivity contribution >= 4 is 0 Å². The van der Waals surface area contributed by atoms with Crippen LogP contribution in [0.5, 0.6) is 0 Å². The molecule has 0 bridgehead atoms. The van der Waals surface area contributed by atoms with Gasteiger partial charge in [-0.15, -0.1) is 0 Å². The number of aliphatic hydroxyl groups excluding tert-OH is 2. The number of pyridine rings is 1. The summed E-state index contributed by atoms with van der Waals surface area (Å²) in [7, 11) is 0. The van der Waals surface area contributed by atoms with Gasteiger partial charge in [-0.1, -0.05) is 24.3 Å². The fourth-order valence-electron chi connectivity index (χ4n) is 2.15. The van der Waals surface area contributed by atoms with Crippen LogP contribution < -0.4 is 0 Å². The summed E-state index contributed by atoms with van der Waals surface area (Å²) in [6, 6.07) is 13.9. The van der Waals surface area contributed by atoms with Gasteiger partial charge in [-0.2, -0.15) is 0 Å². The SMILES string of the molecule is OCCOCCC(O)Cc1cccc(-c2ccccn2)c1. The molecule has 0 amide bonds. The Balaban J connectivity index is 1.92. The van der Waals surface area contributed by atoms with Gasteiger partial charge in [-0.3, -0.25) is 4.98 Å². The summed E-state index contributed by atoms with van der Waals surface area (Å²) in [5, 5.41) is 18.6. The van der Waals surface area contributed by atoms with E-state index in [1.807, 2.05) is 36.4 Å². The molecule has 21 heavy (non-hydrogen) atoms. The van der Waals surface area contributed by atoms with Gasteiger partial charge in [-0.25, -0.2) is 0 Å². The molecule has 1 atom stereocenters. The smallest absolute Gasteiger partial charge is 0.0702 e. The molecule has 2 N–H and O–H groups in total. The van der Waals surface area contributed by atoms with Crippen molar-refractivity contribution < 1.29 is 14.9 Å². The first kappa shape index (κ1) is 15.6. The highest BCUT2D eigenvalue weighted by molar-refractivity contribution is 5.59. The molecular weight excluding hydrogens is 266 g/mol. The molecule has 1 aromatic heterocycles. The van der Waals surface area contributed by atoms with E-state index in [-0.39, 0.29) is 6.61 Å².